The largest absolute Gasteiger partial charge is 0.454 e. The van der Waals surface area contributed by atoms with Gasteiger partial charge in [0.15, 0.2) is 11.5 Å². The van der Waals surface area contributed by atoms with Crippen LogP contribution in [0.5, 0.6) is 11.5 Å². The van der Waals surface area contributed by atoms with Gasteiger partial charge in [-0.15, -0.1) is 0 Å². The van der Waals surface area contributed by atoms with E-state index in [9.17, 15) is 4.79 Å². The van der Waals surface area contributed by atoms with E-state index < -0.39 is 0 Å². The lowest BCUT2D eigenvalue weighted by atomic mass is 10.1. The average Bonchev–Trinajstić information content (AvgIpc) is 2.83. The van der Waals surface area contributed by atoms with Gasteiger partial charge in [0.05, 0.1) is 5.92 Å². The molecule has 1 fully saturated rings. The van der Waals surface area contributed by atoms with E-state index in [1.165, 1.54) is 5.57 Å². The fourth-order valence-corrected chi connectivity index (χ4v) is 3.20. The molecular weight excluding hydrogens is 278 g/mol. The molecule has 0 bridgehead atoms. The van der Waals surface area contributed by atoms with E-state index in [4.69, 9.17) is 9.47 Å². The summed E-state index contributed by atoms with van der Waals surface area (Å²) in [6, 6.07) is 5.77. The zero-order valence-corrected chi connectivity index (χ0v) is 13.6. The van der Waals surface area contributed by atoms with Crippen LogP contribution in [0.15, 0.2) is 29.8 Å². The second-order valence-electron chi connectivity index (χ2n) is 6.97. The number of carbonyl (C=O) groups excluding carboxylic acids is 1. The molecule has 0 spiro atoms. The number of allylic oxidation sites excluding steroid dienone is 2. The minimum absolute atomic E-state index is 0.0518. The molecule has 0 saturated heterocycles. The van der Waals surface area contributed by atoms with Crippen molar-refractivity contribution >= 4 is 5.91 Å². The van der Waals surface area contributed by atoms with Crippen LogP contribution in [0.1, 0.15) is 33.3 Å². The fourth-order valence-electron chi connectivity index (χ4n) is 3.20. The summed E-state index contributed by atoms with van der Waals surface area (Å²) >= 11 is 0. The first-order valence-corrected chi connectivity index (χ1v) is 7.71. The molecule has 1 aromatic carbocycles. The number of carbonyl (C=O) groups is 1. The van der Waals surface area contributed by atoms with Crippen LogP contribution >= 0.6 is 0 Å². The Morgan fingerprint density at radius 3 is 2.77 bits per heavy atom. The summed E-state index contributed by atoms with van der Waals surface area (Å²) in [5.41, 5.74) is 2.34. The molecule has 2 atom stereocenters. The maximum Gasteiger partial charge on any atom is 0.231 e. The highest BCUT2D eigenvalue weighted by Gasteiger charge is 2.60. The molecule has 1 saturated carbocycles. The molecule has 1 heterocycles. The van der Waals surface area contributed by atoms with Gasteiger partial charge in [-0.25, -0.2) is 0 Å². The normalized spacial score (nSPS) is 23.8. The van der Waals surface area contributed by atoms with Gasteiger partial charge in [-0.3, -0.25) is 4.79 Å². The van der Waals surface area contributed by atoms with Crippen molar-refractivity contribution in [3.63, 3.8) is 0 Å². The van der Waals surface area contributed by atoms with Crippen LogP contribution in [-0.2, 0) is 11.3 Å². The number of hydrogen-bond donors (Lipinski definition) is 1. The van der Waals surface area contributed by atoms with Crippen LogP contribution in [0, 0.1) is 17.3 Å². The van der Waals surface area contributed by atoms with Gasteiger partial charge >= 0.3 is 0 Å². The van der Waals surface area contributed by atoms with Gasteiger partial charge in [0, 0.05) is 6.54 Å². The van der Waals surface area contributed by atoms with Crippen LogP contribution in [0.25, 0.3) is 0 Å². The molecule has 1 N–H and O–H groups in total. The second-order valence-corrected chi connectivity index (χ2v) is 6.97. The van der Waals surface area contributed by atoms with E-state index >= 15 is 0 Å². The molecule has 0 aromatic heterocycles. The topological polar surface area (TPSA) is 47.6 Å². The standard InChI is InChI=1S/C18H23NO3/c1-11(2)7-13-16(18(13,3)4)17(20)19-9-12-5-6-14-15(8-12)22-10-21-14/h5-8,13,16H,9-10H2,1-4H3,(H,19,20). The van der Waals surface area contributed by atoms with Crippen LogP contribution in [0.4, 0.5) is 0 Å². The molecule has 1 amide bonds. The van der Waals surface area contributed by atoms with Gasteiger partial charge in [-0.2, -0.15) is 0 Å². The van der Waals surface area contributed by atoms with Gasteiger partial charge in [-0.1, -0.05) is 31.6 Å². The van der Waals surface area contributed by atoms with E-state index in [2.05, 4.69) is 39.1 Å². The Morgan fingerprint density at radius 1 is 1.32 bits per heavy atom. The lowest BCUT2D eigenvalue weighted by Gasteiger charge is -2.07. The predicted octanol–water partition coefficient (Wildman–Crippen LogP) is 3.27. The van der Waals surface area contributed by atoms with Crippen molar-refractivity contribution in [1.82, 2.24) is 5.32 Å². The molecule has 4 heteroatoms. The highest BCUT2D eigenvalue weighted by Crippen LogP contribution is 2.59. The molecular formula is C18H23NO3. The monoisotopic (exact) mass is 301 g/mol. The Kier molecular flexibility index (Phi) is 3.63. The quantitative estimate of drug-likeness (QED) is 0.868. The summed E-state index contributed by atoms with van der Waals surface area (Å²) in [5, 5.41) is 3.05. The minimum Gasteiger partial charge on any atom is -0.454 e. The van der Waals surface area contributed by atoms with E-state index in [0.29, 0.717) is 12.5 Å². The maximum absolute atomic E-state index is 12.4. The first kappa shape index (κ1) is 14.9. The predicted molar refractivity (Wildman–Crippen MR) is 84.6 cm³/mol. The van der Waals surface area contributed by atoms with Crippen molar-refractivity contribution in [2.75, 3.05) is 6.79 Å². The number of amides is 1. The summed E-state index contributed by atoms with van der Waals surface area (Å²) in [7, 11) is 0. The van der Waals surface area contributed by atoms with E-state index in [1.807, 2.05) is 18.2 Å². The van der Waals surface area contributed by atoms with Crippen LogP contribution in [-0.4, -0.2) is 12.7 Å². The molecule has 3 rings (SSSR count). The number of benzene rings is 1. The fraction of sp³-hybridized carbons (Fsp3) is 0.500. The highest BCUT2D eigenvalue weighted by atomic mass is 16.7. The lowest BCUT2D eigenvalue weighted by Crippen LogP contribution is -2.26. The first-order chi connectivity index (χ1) is 10.4. The van der Waals surface area contributed by atoms with Gasteiger partial charge in [-0.05, 0) is 42.9 Å². The third kappa shape index (κ3) is 2.70. The zero-order valence-electron chi connectivity index (χ0n) is 13.6. The van der Waals surface area contributed by atoms with Crippen molar-refractivity contribution in [2.45, 2.75) is 34.2 Å². The number of hydrogen-bond acceptors (Lipinski definition) is 3. The van der Waals surface area contributed by atoms with Crippen molar-refractivity contribution in [3.8, 4) is 11.5 Å². The molecule has 0 radical (unpaired) electrons. The first-order valence-electron chi connectivity index (χ1n) is 7.71. The van der Waals surface area contributed by atoms with Crippen molar-refractivity contribution in [1.29, 1.82) is 0 Å². The smallest absolute Gasteiger partial charge is 0.231 e. The number of ether oxygens (including phenoxy) is 2. The number of rotatable bonds is 4. The van der Waals surface area contributed by atoms with E-state index in [-0.39, 0.29) is 24.0 Å². The Hall–Kier alpha value is -1.97. The van der Waals surface area contributed by atoms with Crippen molar-refractivity contribution in [3.05, 3.63) is 35.4 Å². The maximum atomic E-state index is 12.4. The van der Waals surface area contributed by atoms with Gasteiger partial charge in [0.2, 0.25) is 12.7 Å². The molecule has 118 valence electrons. The Morgan fingerprint density at radius 2 is 2.05 bits per heavy atom. The summed E-state index contributed by atoms with van der Waals surface area (Å²) in [5.74, 6) is 2.05. The van der Waals surface area contributed by atoms with Gasteiger partial charge < -0.3 is 14.8 Å². The number of fused-ring (bicyclic) bond motifs is 1. The summed E-state index contributed by atoms with van der Waals surface area (Å²) in [4.78, 5) is 12.4. The third-order valence-corrected chi connectivity index (χ3v) is 4.61. The van der Waals surface area contributed by atoms with Crippen LogP contribution in [0.2, 0.25) is 0 Å². The Balaban J connectivity index is 1.60. The van der Waals surface area contributed by atoms with Crippen molar-refractivity contribution in [2.24, 2.45) is 17.3 Å². The molecule has 4 nitrogen and oxygen atoms in total. The number of nitrogens with one attached hydrogen (secondary N) is 1. The van der Waals surface area contributed by atoms with Crippen LogP contribution in [0.3, 0.4) is 0 Å². The average molecular weight is 301 g/mol. The summed E-state index contributed by atoms with van der Waals surface area (Å²) < 4.78 is 10.6. The minimum atomic E-state index is 0.0518. The summed E-state index contributed by atoms with van der Waals surface area (Å²) in [6.07, 6.45) is 2.21. The van der Waals surface area contributed by atoms with E-state index in [0.717, 1.165) is 17.1 Å². The lowest BCUT2D eigenvalue weighted by molar-refractivity contribution is -0.123. The Labute approximate surface area is 131 Å². The van der Waals surface area contributed by atoms with Gasteiger partial charge in [0.1, 0.15) is 0 Å². The molecule has 1 aromatic rings. The summed E-state index contributed by atoms with van der Waals surface area (Å²) in [6.45, 7) is 9.26. The molecule has 1 aliphatic heterocycles. The second kappa shape index (κ2) is 5.34. The van der Waals surface area contributed by atoms with Crippen LogP contribution < -0.4 is 14.8 Å². The molecule has 1 aliphatic carbocycles. The van der Waals surface area contributed by atoms with Gasteiger partial charge in [0.25, 0.3) is 0 Å². The highest BCUT2D eigenvalue weighted by molar-refractivity contribution is 5.83. The molecule has 2 unspecified atom stereocenters. The van der Waals surface area contributed by atoms with Crippen molar-refractivity contribution < 1.29 is 14.3 Å². The molecule has 22 heavy (non-hydrogen) atoms. The zero-order chi connectivity index (χ0) is 15.9. The Bertz CT molecular complexity index is 629. The third-order valence-electron chi connectivity index (χ3n) is 4.61. The SMILES string of the molecule is CC(C)=CC1C(C(=O)NCc2ccc3c(c2)OCO3)C1(C)C. The molecule has 2 aliphatic rings. The van der Waals surface area contributed by atoms with E-state index in [1.54, 1.807) is 0 Å².